The minimum absolute atomic E-state index is 0. The molecule has 4 rings (SSSR count). The van der Waals surface area contributed by atoms with Crippen molar-refractivity contribution >= 4 is 53.4 Å². The molecule has 2 N–H and O–H groups in total. The van der Waals surface area contributed by atoms with E-state index in [-0.39, 0.29) is 59.5 Å². The molecule has 30 heavy (non-hydrogen) atoms. The van der Waals surface area contributed by atoms with Crippen LogP contribution in [0.15, 0.2) is 35.5 Å². The van der Waals surface area contributed by atoms with Crippen LogP contribution >= 0.6 is 35.6 Å². The number of amides is 2. The molecule has 2 bridgehead atoms. The summed E-state index contributed by atoms with van der Waals surface area (Å²) in [4.78, 5) is 35.1. The third-order valence-electron chi connectivity index (χ3n) is 6.13. The van der Waals surface area contributed by atoms with Crippen LogP contribution < -0.4 is 10.6 Å². The summed E-state index contributed by atoms with van der Waals surface area (Å²) in [5, 5.41) is 6.98. The molecule has 2 amide bonds. The van der Waals surface area contributed by atoms with Gasteiger partial charge in [0.05, 0.1) is 11.8 Å². The molecule has 4 unspecified atom stereocenters. The highest BCUT2D eigenvalue weighted by molar-refractivity contribution is 14.0. The number of carbonyl (C=O) groups is 2. The van der Waals surface area contributed by atoms with E-state index in [2.05, 4.69) is 32.8 Å². The molecule has 9 heteroatoms. The van der Waals surface area contributed by atoms with Crippen LogP contribution in [0.4, 0.5) is 0 Å². The van der Waals surface area contributed by atoms with E-state index in [9.17, 15) is 9.59 Å². The lowest BCUT2D eigenvalue weighted by atomic mass is 9.85. The maximum Gasteiger partial charge on any atom is 0.233 e. The smallest absolute Gasteiger partial charge is 0.233 e. The lowest BCUT2D eigenvalue weighted by Crippen LogP contribution is -2.40. The number of imide groups is 1. The van der Waals surface area contributed by atoms with E-state index in [4.69, 9.17) is 11.6 Å². The molecule has 1 aromatic rings. The molecule has 162 valence electrons. The van der Waals surface area contributed by atoms with Gasteiger partial charge in [0.25, 0.3) is 0 Å². The van der Waals surface area contributed by atoms with E-state index < -0.39 is 0 Å². The van der Waals surface area contributed by atoms with Gasteiger partial charge in [-0.25, -0.2) is 4.98 Å². The average Bonchev–Trinajstić information content (AvgIpc) is 3.40. The summed E-state index contributed by atoms with van der Waals surface area (Å²) in [7, 11) is 1.72. The summed E-state index contributed by atoms with van der Waals surface area (Å²) in [5.41, 5.74) is 1.09. The second kappa shape index (κ2) is 10.1. The minimum atomic E-state index is -0.109. The number of allylic oxidation sites excluding steroid dienone is 2. The van der Waals surface area contributed by atoms with Gasteiger partial charge in [-0.2, -0.15) is 0 Å². The summed E-state index contributed by atoms with van der Waals surface area (Å²) in [6.07, 6.45) is 8.48. The van der Waals surface area contributed by atoms with E-state index in [0.29, 0.717) is 37.2 Å². The number of aromatic nitrogens is 1. The van der Waals surface area contributed by atoms with Crippen molar-refractivity contribution in [2.24, 2.45) is 28.7 Å². The number of guanidine groups is 1. The van der Waals surface area contributed by atoms with Crippen molar-refractivity contribution in [2.45, 2.75) is 19.3 Å². The van der Waals surface area contributed by atoms with Crippen molar-refractivity contribution < 1.29 is 9.59 Å². The molecule has 2 aliphatic carbocycles. The van der Waals surface area contributed by atoms with E-state index in [1.165, 1.54) is 4.90 Å². The van der Waals surface area contributed by atoms with Crippen molar-refractivity contribution in [1.82, 2.24) is 20.5 Å². The molecule has 2 fully saturated rings. The third-order valence-corrected chi connectivity index (χ3v) is 6.35. The minimum Gasteiger partial charge on any atom is -0.356 e. The maximum atomic E-state index is 12.7. The summed E-state index contributed by atoms with van der Waals surface area (Å²) in [5.74, 6) is 1.06. The number of aliphatic imine (C=N–C) groups is 1. The van der Waals surface area contributed by atoms with Gasteiger partial charge in [-0.1, -0.05) is 29.8 Å². The van der Waals surface area contributed by atoms with Crippen molar-refractivity contribution in [3.05, 3.63) is 41.2 Å². The Morgan fingerprint density at radius 3 is 2.43 bits per heavy atom. The molecule has 1 saturated heterocycles. The zero-order valence-electron chi connectivity index (χ0n) is 16.9. The van der Waals surface area contributed by atoms with Crippen molar-refractivity contribution in [3.8, 4) is 0 Å². The Kier molecular flexibility index (Phi) is 7.73. The lowest BCUT2D eigenvalue weighted by molar-refractivity contribution is -0.140. The van der Waals surface area contributed by atoms with E-state index in [0.717, 1.165) is 18.4 Å². The van der Waals surface area contributed by atoms with Crippen LogP contribution in [0.25, 0.3) is 0 Å². The van der Waals surface area contributed by atoms with Crippen LogP contribution in [0.3, 0.4) is 0 Å². The number of hydrogen-bond acceptors (Lipinski definition) is 4. The Balaban J connectivity index is 0.00000256. The van der Waals surface area contributed by atoms with Crippen LogP contribution in [0.1, 0.15) is 18.4 Å². The Morgan fingerprint density at radius 2 is 1.83 bits per heavy atom. The van der Waals surface area contributed by atoms with Crippen LogP contribution in [0.2, 0.25) is 5.15 Å². The number of likely N-dealkylation sites (tertiary alicyclic amines) is 1. The SMILES string of the molecule is CN=C(NCCCN1C(=O)C2C3C=CC(C3)C2C1=O)NCCc1ccc(Cl)nc1.I. The lowest BCUT2D eigenvalue weighted by Gasteiger charge is -2.18. The van der Waals surface area contributed by atoms with Gasteiger partial charge in [0.2, 0.25) is 11.8 Å². The fourth-order valence-electron chi connectivity index (χ4n) is 4.73. The normalized spacial score (nSPS) is 26.7. The largest absolute Gasteiger partial charge is 0.356 e. The first-order valence-electron chi connectivity index (χ1n) is 10.2. The number of fused-ring (bicyclic) bond motifs is 5. The Morgan fingerprint density at radius 1 is 1.17 bits per heavy atom. The summed E-state index contributed by atoms with van der Waals surface area (Å²) >= 11 is 5.79. The number of carbonyl (C=O) groups excluding carboxylic acids is 2. The fraction of sp³-hybridized carbons (Fsp3) is 0.524. The molecule has 3 aliphatic rings. The third kappa shape index (κ3) is 4.64. The topological polar surface area (TPSA) is 86.7 Å². The number of nitrogens with zero attached hydrogens (tertiary/aromatic N) is 3. The van der Waals surface area contributed by atoms with Crippen LogP contribution in [-0.2, 0) is 16.0 Å². The van der Waals surface area contributed by atoms with E-state index in [1.807, 2.05) is 6.07 Å². The predicted molar refractivity (Wildman–Crippen MR) is 127 cm³/mol. The highest BCUT2D eigenvalue weighted by atomic mass is 127. The fourth-order valence-corrected chi connectivity index (χ4v) is 4.84. The average molecular weight is 544 g/mol. The Hall–Kier alpha value is -1.68. The van der Waals surface area contributed by atoms with Gasteiger partial charge in [-0.15, -0.1) is 24.0 Å². The van der Waals surface area contributed by atoms with Crippen molar-refractivity contribution in [1.29, 1.82) is 0 Å². The van der Waals surface area contributed by atoms with Gasteiger partial charge in [-0.05, 0) is 42.7 Å². The quantitative estimate of drug-likeness (QED) is 0.105. The van der Waals surface area contributed by atoms with Crippen molar-refractivity contribution in [3.63, 3.8) is 0 Å². The Bertz CT molecular complexity index is 814. The van der Waals surface area contributed by atoms with Crippen LogP contribution in [0.5, 0.6) is 0 Å². The van der Waals surface area contributed by atoms with E-state index in [1.54, 1.807) is 19.3 Å². The highest BCUT2D eigenvalue weighted by Crippen LogP contribution is 2.52. The maximum absolute atomic E-state index is 12.7. The molecular formula is C21H27ClIN5O2. The van der Waals surface area contributed by atoms with Gasteiger partial charge < -0.3 is 10.6 Å². The number of nitrogens with one attached hydrogen (secondary N) is 2. The molecule has 0 aromatic carbocycles. The molecule has 1 aliphatic heterocycles. The highest BCUT2D eigenvalue weighted by Gasteiger charge is 2.58. The van der Waals surface area contributed by atoms with Crippen LogP contribution in [0, 0.1) is 23.7 Å². The zero-order chi connectivity index (χ0) is 20.4. The zero-order valence-corrected chi connectivity index (χ0v) is 20.0. The molecule has 0 radical (unpaired) electrons. The molecule has 1 aromatic heterocycles. The van der Waals surface area contributed by atoms with E-state index >= 15 is 0 Å². The van der Waals surface area contributed by atoms with Gasteiger partial charge >= 0.3 is 0 Å². The molecule has 4 atom stereocenters. The number of hydrogen-bond donors (Lipinski definition) is 2. The number of rotatable bonds is 7. The predicted octanol–water partition coefficient (Wildman–Crippen LogP) is 2.26. The molecule has 7 nitrogen and oxygen atoms in total. The van der Waals surface area contributed by atoms with Gasteiger partial charge in [0.15, 0.2) is 5.96 Å². The molecule has 1 saturated carbocycles. The standard InChI is InChI=1S/C21H26ClN5O2.HI/c1-23-21(25-9-7-13-3-6-16(22)26-12-13)24-8-2-10-27-19(28)17-14-4-5-15(11-14)18(17)20(27)29;/h3-6,12,14-15,17-18H,2,7-11H2,1H3,(H2,23,24,25);1H. The first-order chi connectivity index (χ1) is 14.1. The Labute approximate surface area is 198 Å². The first-order valence-corrected chi connectivity index (χ1v) is 10.5. The summed E-state index contributed by atoms with van der Waals surface area (Å²) < 4.78 is 0. The second-order valence-electron chi connectivity index (χ2n) is 7.85. The molecular weight excluding hydrogens is 517 g/mol. The monoisotopic (exact) mass is 543 g/mol. The van der Waals surface area contributed by atoms with Gasteiger partial charge in [0.1, 0.15) is 5.15 Å². The van der Waals surface area contributed by atoms with Gasteiger partial charge in [-0.3, -0.25) is 19.5 Å². The summed E-state index contributed by atoms with van der Waals surface area (Å²) in [6, 6.07) is 3.73. The first kappa shape index (κ1) is 23.0. The number of pyridine rings is 1. The van der Waals surface area contributed by atoms with Crippen molar-refractivity contribution in [2.75, 3.05) is 26.7 Å². The van der Waals surface area contributed by atoms with Crippen LogP contribution in [-0.4, -0.2) is 54.3 Å². The molecule has 0 spiro atoms. The van der Waals surface area contributed by atoms with Gasteiger partial charge in [0, 0.05) is 32.9 Å². The summed E-state index contributed by atoms with van der Waals surface area (Å²) in [6.45, 7) is 1.81. The second-order valence-corrected chi connectivity index (χ2v) is 8.23. The molecule has 2 heterocycles. The number of halogens is 2.